The number of rotatable bonds is 3. The smallest absolute Gasteiger partial charge is 0.109 e. The molecule has 1 rings (SSSR count). The summed E-state index contributed by atoms with van der Waals surface area (Å²) >= 11 is 5.70. The molecule has 0 aromatic heterocycles. The lowest BCUT2D eigenvalue weighted by atomic mass is 11.0. The van der Waals surface area contributed by atoms with Crippen LogP contribution in [0.3, 0.4) is 0 Å². The molecule has 1 saturated heterocycles. The predicted octanol–water partition coefficient (Wildman–Crippen LogP) is 3.80. The number of hydrogen-bond donors (Lipinski definition) is 0. The van der Waals surface area contributed by atoms with Crippen LogP contribution in [-0.2, 0) is 4.57 Å². The van der Waals surface area contributed by atoms with Crippen molar-refractivity contribution in [1.82, 2.24) is 0 Å². The van der Waals surface area contributed by atoms with Gasteiger partial charge in [0.15, 0.2) is 0 Å². The summed E-state index contributed by atoms with van der Waals surface area (Å²) in [7, 11) is -1.84. The summed E-state index contributed by atoms with van der Waals surface area (Å²) in [4.78, 5) is 0. The molecule has 0 N–H and O–H groups in total. The molecule has 0 aromatic carbocycles. The van der Waals surface area contributed by atoms with Gasteiger partial charge in [0.2, 0.25) is 0 Å². The van der Waals surface area contributed by atoms with Gasteiger partial charge in [-0.05, 0) is 12.3 Å². The van der Waals surface area contributed by atoms with E-state index in [4.69, 9.17) is 0 Å². The molecule has 1 nitrogen and oxygen atoms in total. The average molecular weight is 242 g/mol. The molecular weight excluding hydrogens is 227 g/mol. The van der Waals surface area contributed by atoms with Gasteiger partial charge in [0.05, 0.1) is 0 Å². The van der Waals surface area contributed by atoms with Gasteiger partial charge in [-0.15, -0.1) is 35.3 Å². The van der Waals surface area contributed by atoms with Crippen LogP contribution < -0.4 is 0 Å². The van der Waals surface area contributed by atoms with Crippen LogP contribution in [0.5, 0.6) is 0 Å². The van der Waals surface area contributed by atoms with Crippen molar-refractivity contribution in [3.05, 3.63) is 0 Å². The van der Waals surface area contributed by atoms with Crippen molar-refractivity contribution >= 4 is 42.4 Å². The largest absolute Gasteiger partial charge is 0.322 e. The second-order valence-corrected chi connectivity index (χ2v) is 11.3. The molecule has 1 aliphatic rings. The van der Waals surface area contributed by atoms with Gasteiger partial charge in [-0.2, -0.15) is 0 Å². The molecular formula is C7H15OPS3. The summed E-state index contributed by atoms with van der Waals surface area (Å²) in [5.41, 5.74) is 0. The molecule has 0 spiro atoms. The van der Waals surface area contributed by atoms with Crippen LogP contribution in [0.2, 0.25) is 0 Å². The third-order valence-corrected chi connectivity index (χ3v) is 12.0. The lowest BCUT2D eigenvalue weighted by Crippen LogP contribution is -2.07. The van der Waals surface area contributed by atoms with E-state index < -0.39 is 7.14 Å². The van der Waals surface area contributed by atoms with Crippen molar-refractivity contribution in [1.29, 1.82) is 0 Å². The Morgan fingerprint density at radius 3 is 2.17 bits per heavy atom. The summed E-state index contributed by atoms with van der Waals surface area (Å²) in [5.74, 6) is 0. The minimum absolute atomic E-state index is 0.397. The van der Waals surface area contributed by atoms with Crippen LogP contribution in [-0.4, -0.2) is 26.8 Å². The van der Waals surface area contributed by atoms with E-state index in [9.17, 15) is 4.57 Å². The predicted molar refractivity (Wildman–Crippen MR) is 65.0 cm³/mol. The van der Waals surface area contributed by atoms with Gasteiger partial charge in [0.1, 0.15) is 11.5 Å². The first-order valence-electron chi connectivity index (χ1n) is 4.11. The standard InChI is InChI=1S/C7H15OPS3/c1-3-9(8,4-2)7-11-5-10-6-12-7/h7H,3-6H2,1-2H3. The molecule has 72 valence electrons. The average Bonchev–Trinajstić information content (AvgIpc) is 2.18. The Bertz CT molecular complexity index is 171. The van der Waals surface area contributed by atoms with Gasteiger partial charge >= 0.3 is 0 Å². The van der Waals surface area contributed by atoms with Crippen LogP contribution in [0.25, 0.3) is 0 Å². The molecule has 0 aliphatic carbocycles. The van der Waals surface area contributed by atoms with E-state index in [0.29, 0.717) is 4.32 Å². The fourth-order valence-corrected chi connectivity index (χ4v) is 11.2. The Morgan fingerprint density at radius 2 is 1.75 bits per heavy atom. The molecule has 1 heterocycles. The van der Waals surface area contributed by atoms with E-state index in [0.717, 1.165) is 22.5 Å². The van der Waals surface area contributed by atoms with E-state index in [1.165, 1.54) is 0 Å². The Labute approximate surface area is 87.6 Å². The molecule has 0 unspecified atom stereocenters. The summed E-state index contributed by atoms with van der Waals surface area (Å²) in [6, 6.07) is 0. The maximum atomic E-state index is 12.3. The molecule has 0 atom stereocenters. The maximum absolute atomic E-state index is 12.3. The molecule has 0 aromatic rings. The molecule has 5 heteroatoms. The van der Waals surface area contributed by atoms with E-state index in [1.807, 2.05) is 35.3 Å². The SMILES string of the molecule is CCP(=O)(CC)C1SCSCS1. The lowest BCUT2D eigenvalue weighted by molar-refractivity contribution is 0.578. The molecule has 1 fully saturated rings. The Hall–Kier alpha value is 1.28. The third-order valence-electron chi connectivity index (χ3n) is 2.04. The summed E-state index contributed by atoms with van der Waals surface area (Å²) in [6.45, 7) is 4.13. The molecule has 0 bridgehead atoms. The first-order chi connectivity index (χ1) is 5.73. The van der Waals surface area contributed by atoms with Gasteiger partial charge < -0.3 is 4.57 Å². The first kappa shape index (κ1) is 11.4. The minimum Gasteiger partial charge on any atom is -0.322 e. The second-order valence-electron chi connectivity index (χ2n) is 2.67. The van der Waals surface area contributed by atoms with Gasteiger partial charge in [0, 0.05) is 10.2 Å². The Balaban J connectivity index is 2.58. The maximum Gasteiger partial charge on any atom is 0.109 e. The lowest BCUT2D eigenvalue weighted by Gasteiger charge is -2.27. The third kappa shape index (κ3) is 2.63. The van der Waals surface area contributed by atoms with Crippen molar-refractivity contribution in [3.63, 3.8) is 0 Å². The van der Waals surface area contributed by atoms with Crippen LogP contribution in [0.4, 0.5) is 0 Å². The van der Waals surface area contributed by atoms with E-state index >= 15 is 0 Å². The van der Waals surface area contributed by atoms with E-state index in [1.54, 1.807) is 0 Å². The molecule has 0 radical (unpaired) electrons. The summed E-state index contributed by atoms with van der Waals surface area (Å²) in [6.07, 6.45) is 1.75. The second kappa shape index (κ2) is 5.23. The topological polar surface area (TPSA) is 17.1 Å². The van der Waals surface area contributed by atoms with Gasteiger partial charge in [-0.25, -0.2) is 0 Å². The number of hydrogen-bond acceptors (Lipinski definition) is 4. The molecule has 0 saturated carbocycles. The van der Waals surface area contributed by atoms with Crippen molar-refractivity contribution in [3.8, 4) is 0 Å². The van der Waals surface area contributed by atoms with Crippen molar-refractivity contribution in [2.45, 2.75) is 18.2 Å². The molecule has 0 amide bonds. The Kier molecular flexibility index (Phi) is 4.95. The van der Waals surface area contributed by atoms with E-state index in [-0.39, 0.29) is 0 Å². The van der Waals surface area contributed by atoms with E-state index in [2.05, 4.69) is 13.8 Å². The van der Waals surface area contributed by atoms with Crippen LogP contribution in [0, 0.1) is 0 Å². The highest BCUT2D eigenvalue weighted by molar-refractivity contribution is 8.36. The Morgan fingerprint density at radius 1 is 1.25 bits per heavy atom. The van der Waals surface area contributed by atoms with Gasteiger partial charge in [0.25, 0.3) is 0 Å². The van der Waals surface area contributed by atoms with Crippen molar-refractivity contribution < 1.29 is 4.57 Å². The summed E-state index contributed by atoms with van der Waals surface area (Å²) < 4.78 is 12.7. The molecule has 1 aliphatic heterocycles. The monoisotopic (exact) mass is 242 g/mol. The zero-order valence-corrected chi connectivity index (χ0v) is 10.8. The van der Waals surface area contributed by atoms with Crippen molar-refractivity contribution in [2.24, 2.45) is 0 Å². The fraction of sp³-hybridized carbons (Fsp3) is 1.00. The fourth-order valence-electron chi connectivity index (χ4n) is 1.09. The zero-order valence-electron chi connectivity index (χ0n) is 7.49. The highest BCUT2D eigenvalue weighted by atomic mass is 32.3. The van der Waals surface area contributed by atoms with Crippen LogP contribution >= 0.6 is 42.4 Å². The zero-order chi connectivity index (χ0) is 9.03. The van der Waals surface area contributed by atoms with Crippen molar-refractivity contribution in [2.75, 3.05) is 22.5 Å². The minimum atomic E-state index is -1.84. The van der Waals surface area contributed by atoms with Crippen LogP contribution in [0.1, 0.15) is 13.8 Å². The van der Waals surface area contributed by atoms with Gasteiger partial charge in [-0.1, -0.05) is 13.8 Å². The highest BCUT2D eigenvalue weighted by Crippen LogP contribution is 2.61. The highest BCUT2D eigenvalue weighted by Gasteiger charge is 2.31. The number of thioether (sulfide) groups is 3. The first-order valence-corrected chi connectivity index (χ1v) is 9.51. The normalized spacial score (nSPS) is 21.2. The van der Waals surface area contributed by atoms with Gasteiger partial charge in [-0.3, -0.25) is 0 Å². The van der Waals surface area contributed by atoms with Crippen LogP contribution in [0.15, 0.2) is 0 Å². The quantitative estimate of drug-likeness (QED) is 0.700. The summed E-state index contributed by atoms with van der Waals surface area (Å²) in [5, 5.41) is 2.25. The molecule has 12 heavy (non-hydrogen) atoms.